The normalized spacial score (nSPS) is 13.1. The van der Waals surface area contributed by atoms with E-state index >= 15 is 0 Å². The Morgan fingerprint density at radius 2 is 1.08 bits per heavy atom. The summed E-state index contributed by atoms with van der Waals surface area (Å²) in [5.41, 5.74) is 13.7. The Bertz CT molecular complexity index is 2770. The molecule has 0 N–H and O–H groups in total. The van der Waals surface area contributed by atoms with Crippen LogP contribution in [0.3, 0.4) is 0 Å². The Kier molecular flexibility index (Phi) is 6.78. The van der Waals surface area contributed by atoms with Crippen molar-refractivity contribution >= 4 is 59.3 Å². The van der Waals surface area contributed by atoms with E-state index in [0.717, 1.165) is 17.1 Å². The molecule has 0 saturated carbocycles. The van der Waals surface area contributed by atoms with Gasteiger partial charge in [-0.05, 0) is 104 Å². The molecule has 242 valence electrons. The van der Waals surface area contributed by atoms with E-state index in [2.05, 4.69) is 195 Å². The fourth-order valence-corrected chi connectivity index (χ4v) is 9.48. The second-order valence-electron chi connectivity index (χ2n) is 14.1. The van der Waals surface area contributed by atoms with Gasteiger partial charge < -0.3 is 4.90 Å². The maximum absolute atomic E-state index is 2.49. The number of rotatable bonds is 5. The summed E-state index contributed by atoms with van der Waals surface area (Å²) >= 11 is 1.91. The SMILES string of the molecule is CC1(C)c2cc(N(c3cccc(-c4ccccc4)c3)c3ccc4ccccc4c3)ccc2-c2c1cc1sc3ccccc3c1c2-c1ccccc1. The molecular weight excluding hydrogens is 635 g/mol. The van der Waals surface area contributed by atoms with Crippen molar-refractivity contribution in [1.29, 1.82) is 0 Å². The van der Waals surface area contributed by atoms with Crippen molar-refractivity contribution in [3.05, 3.63) is 187 Å². The molecule has 0 radical (unpaired) electrons. The van der Waals surface area contributed by atoms with Gasteiger partial charge in [0.15, 0.2) is 0 Å². The van der Waals surface area contributed by atoms with Crippen LogP contribution in [0.5, 0.6) is 0 Å². The zero-order valence-corrected chi connectivity index (χ0v) is 29.4. The van der Waals surface area contributed by atoms with Crippen molar-refractivity contribution in [3.63, 3.8) is 0 Å². The summed E-state index contributed by atoms with van der Waals surface area (Å²) < 4.78 is 2.69. The minimum atomic E-state index is -0.199. The fourth-order valence-electron chi connectivity index (χ4n) is 8.32. The van der Waals surface area contributed by atoms with Gasteiger partial charge in [0.2, 0.25) is 0 Å². The first-order chi connectivity index (χ1) is 25.0. The van der Waals surface area contributed by atoms with E-state index in [1.807, 2.05) is 11.3 Å². The van der Waals surface area contributed by atoms with Gasteiger partial charge in [-0.25, -0.2) is 0 Å². The fraction of sp³-hybridized carbons (Fsp3) is 0.0612. The van der Waals surface area contributed by atoms with E-state index in [4.69, 9.17) is 0 Å². The van der Waals surface area contributed by atoms with Gasteiger partial charge in [-0.1, -0.05) is 141 Å². The van der Waals surface area contributed by atoms with Crippen LogP contribution in [0.25, 0.3) is 64.3 Å². The second kappa shape index (κ2) is 11.6. The quantitative estimate of drug-likeness (QED) is 0.176. The maximum Gasteiger partial charge on any atom is 0.0468 e. The summed E-state index contributed by atoms with van der Waals surface area (Å²) in [5.74, 6) is 0. The molecule has 1 aromatic heterocycles. The molecule has 0 fully saturated rings. The largest absolute Gasteiger partial charge is 0.310 e. The first kappa shape index (κ1) is 29.9. The van der Waals surface area contributed by atoms with Gasteiger partial charge in [-0.3, -0.25) is 0 Å². The van der Waals surface area contributed by atoms with Gasteiger partial charge in [0, 0.05) is 42.6 Å². The lowest BCUT2D eigenvalue weighted by atomic mass is 9.81. The van der Waals surface area contributed by atoms with Crippen molar-refractivity contribution in [3.8, 4) is 33.4 Å². The Morgan fingerprint density at radius 1 is 0.431 bits per heavy atom. The lowest BCUT2D eigenvalue weighted by Crippen LogP contribution is -2.16. The van der Waals surface area contributed by atoms with Crippen LogP contribution in [-0.2, 0) is 5.41 Å². The molecule has 10 rings (SSSR count). The highest BCUT2D eigenvalue weighted by atomic mass is 32.1. The molecule has 1 aliphatic rings. The molecular formula is C49H35NS. The van der Waals surface area contributed by atoms with E-state index < -0.39 is 0 Å². The summed E-state index contributed by atoms with van der Waals surface area (Å²) in [5, 5.41) is 5.17. The monoisotopic (exact) mass is 669 g/mol. The Labute approximate surface area is 302 Å². The first-order valence-electron chi connectivity index (χ1n) is 17.7. The van der Waals surface area contributed by atoms with Gasteiger partial charge in [0.1, 0.15) is 0 Å². The van der Waals surface area contributed by atoms with Gasteiger partial charge >= 0.3 is 0 Å². The van der Waals surface area contributed by atoms with Crippen LogP contribution in [-0.4, -0.2) is 0 Å². The lowest BCUT2D eigenvalue weighted by Gasteiger charge is -2.28. The average Bonchev–Trinajstić information content (AvgIpc) is 3.66. The van der Waals surface area contributed by atoms with Gasteiger partial charge in [-0.15, -0.1) is 11.3 Å². The lowest BCUT2D eigenvalue weighted by molar-refractivity contribution is 0.661. The predicted octanol–water partition coefficient (Wildman–Crippen LogP) is 14.3. The molecule has 8 aromatic carbocycles. The maximum atomic E-state index is 2.49. The molecule has 9 aromatic rings. The number of hydrogen-bond acceptors (Lipinski definition) is 2. The standard InChI is InChI=1S/C49H35NS/c1-49(2)42-30-39(50(38-25-24-33-16-9-10-19-35(33)29-38)37-21-13-20-36(28-37)32-14-5-3-6-15-32)26-27-40(42)47-43(49)31-45-48(41-22-11-12-23-44(41)51-45)46(47)34-17-7-4-8-18-34/h3-31H,1-2H3. The molecule has 0 spiro atoms. The molecule has 0 atom stereocenters. The minimum absolute atomic E-state index is 0.199. The molecule has 1 aliphatic carbocycles. The number of hydrogen-bond donors (Lipinski definition) is 0. The van der Waals surface area contributed by atoms with Crippen molar-refractivity contribution in [1.82, 2.24) is 0 Å². The van der Waals surface area contributed by atoms with Crippen molar-refractivity contribution in [2.45, 2.75) is 19.3 Å². The topological polar surface area (TPSA) is 3.24 Å². The number of benzene rings is 8. The van der Waals surface area contributed by atoms with Gasteiger partial charge in [0.25, 0.3) is 0 Å². The molecule has 51 heavy (non-hydrogen) atoms. The second-order valence-corrected chi connectivity index (χ2v) is 15.2. The highest BCUT2D eigenvalue weighted by molar-refractivity contribution is 7.26. The average molecular weight is 670 g/mol. The first-order valence-corrected chi connectivity index (χ1v) is 18.5. The molecule has 0 unspecified atom stereocenters. The third-order valence-corrected chi connectivity index (χ3v) is 11.9. The third kappa shape index (κ3) is 4.75. The summed E-state index contributed by atoms with van der Waals surface area (Å²) in [7, 11) is 0. The van der Waals surface area contributed by atoms with E-state index in [9.17, 15) is 0 Å². The van der Waals surface area contributed by atoms with E-state index in [0.29, 0.717) is 0 Å². The molecule has 2 heteroatoms. The van der Waals surface area contributed by atoms with Crippen LogP contribution in [0, 0.1) is 0 Å². The molecule has 0 bridgehead atoms. The van der Waals surface area contributed by atoms with Crippen molar-refractivity contribution in [2.24, 2.45) is 0 Å². The Balaban J connectivity index is 1.21. The van der Waals surface area contributed by atoms with E-state index in [1.54, 1.807) is 0 Å². The van der Waals surface area contributed by atoms with Crippen LogP contribution in [0.1, 0.15) is 25.0 Å². The molecule has 1 heterocycles. The highest BCUT2D eigenvalue weighted by Crippen LogP contribution is 2.57. The molecule has 0 amide bonds. The van der Waals surface area contributed by atoms with Crippen molar-refractivity contribution in [2.75, 3.05) is 4.90 Å². The van der Waals surface area contributed by atoms with Crippen LogP contribution in [0.4, 0.5) is 17.1 Å². The Hall–Kier alpha value is -5.96. The zero-order chi connectivity index (χ0) is 34.1. The van der Waals surface area contributed by atoms with E-state index in [1.165, 1.54) is 75.5 Å². The van der Waals surface area contributed by atoms with E-state index in [-0.39, 0.29) is 5.41 Å². The summed E-state index contributed by atoms with van der Waals surface area (Å²) in [6.45, 7) is 4.82. The van der Waals surface area contributed by atoms with Crippen molar-refractivity contribution < 1.29 is 0 Å². The summed E-state index contributed by atoms with van der Waals surface area (Å²) in [4.78, 5) is 2.43. The molecule has 0 aliphatic heterocycles. The number of fused-ring (bicyclic) bond motifs is 7. The number of nitrogens with zero attached hydrogens (tertiary/aromatic N) is 1. The minimum Gasteiger partial charge on any atom is -0.310 e. The predicted molar refractivity (Wildman–Crippen MR) is 220 cm³/mol. The number of thiophene rings is 1. The smallest absolute Gasteiger partial charge is 0.0468 e. The summed E-state index contributed by atoms with van der Waals surface area (Å²) in [6, 6.07) is 64.7. The van der Waals surface area contributed by atoms with Crippen LogP contribution in [0.15, 0.2) is 176 Å². The van der Waals surface area contributed by atoms with Gasteiger partial charge in [-0.2, -0.15) is 0 Å². The number of anilines is 3. The Morgan fingerprint density at radius 3 is 1.90 bits per heavy atom. The highest BCUT2D eigenvalue weighted by Gasteiger charge is 2.39. The van der Waals surface area contributed by atoms with Crippen LogP contribution in [0.2, 0.25) is 0 Å². The zero-order valence-electron chi connectivity index (χ0n) is 28.6. The van der Waals surface area contributed by atoms with Crippen LogP contribution < -0.4 is 4.90 Å². The third-order valence-electron chi connectivity index (χ3n) is 10.8. The molecule has 0 saturated heterocycles. The van der Waals surface area contributed by atoms with Gasteiger partial charge in [0.05, 0.1) is 0 Å². The summed E-state index contributed by atoms with van der Waals surface area (Å²) in [6.07, 6.45) is 0. The van der Waals surface area contributed by atoms with Crippen LogP contribution >= 0.6 is 11.3 Å². The molecule has 1 nitrogen and oxygen atoms in total.